The van der Waals surface area contributed by atoms with Gasteiger partial charge in [-0.05, 0) is 25.5 Å². The lowest BCUT2D eigenvalue weighted by atomic mass is 10.1. The molecule has 19 heavy (non-hydrogen) atoms. The fourth-order valence-electron chi connectivity index (χ4n) is 1.98. The quantitative estimate of drug-likeness (QED) is 0.463. The molecule has 0 N–H and O–H groups in total. The van der Waals surface area contributed by atoms with Crippen molar-refractivity contribution in [1.82, 2.24) is 0 Å². The van der Waals surface area contributed by atoms with E-state index in [1.54, 1.807) is 6.07 Å². The molecule has 0 radical (unpaired) electrons. The molecule has 0 saturated carbocycles. The van der Waals surface area contributed by atoms with E-state index < -0.39 is 4.92 Å². The number of ether oxygens (including phenoxy) is 2. The maximum Gasteiger partial charge on any atom is 0.283 e. The molecule has 1 atom stereocenters. The van der Waals surface area contributed by atoms with Crippen LogP contribution >= 0.6 is 0 Å². The molecule has 0 amide bonds. The molecule has 0 spiro atoms. The van der Waals surface area contributed by atoms with Crippen LogP contribution in [0.5, 0.6) is 5.75 Å². The number of nitrogens with zero attached hydrogens (tertiary/aromatic N) is 1. The summed E-state index contributed by atoms with van der Waals surface area (Å²) in [5.41, 5.74) is -0.116. The Bertz CT molecular complexity index is 494. The van der Waals surface area contributed by atoms with Gasteiger partial charge < -0.3 is 9.47 Å². The van der Waals surface area contributed by atoms with Crippen LogP contribution in [-0.4, -0.2) is 30.5 Å². The van der Waals surface area contributed by atoms with Crippen LogP contribution in [0.2, 0.25) is 0 Å². The molecule has 0 bridgehead atoms. The van der Waals surface area contributed by atoms with Crippen molar-refractivity contribution in [1.29, 1.82) is 0 Å². The third kappa shape index (κ3) is 3.29. The summed E-state index contributed by atoms with van der Waals surface area (Å²) < 4.78 is 10.7. The van der Waals surface area contributed by atoms with E-state index >= 15 is 0 Å². The van der Waals surface area contributed by atoms with Crippen LogP contribution in [0.4, 0.5) is 5.69 Å². The normalized spacial score (nSPS) is 18.3. The zero-order chi connectivity index (χ0) is 13.8. The van der Waals surface area contributed by atoms with Gasteiger partial charge in [-0.25, -0.2) is 0 Å². The molecular weight excluding hydrogens is 250 g/mol. The summed E-state index contributed by atoms with van der Waals surface area (Å²) in [5.74, 6) is 0.401. The van der Waals surface area contributed by atoms with Crippen molar-refractivity contribution in [3.63, 3.8) is 0 Å². The third-order valence-corrected chi connectivity index (χ3v) is 3.05. The highest BCUT2D eigenvalue weighted by Gasteiger charge is 2.20. The van der Waals surface area contributed by atoms with Gasteiger partial charge >= 0.3 is 0 Å². The lowest BCUT2D eigenvalue weighted by molar-refractivity contribution is -0.385. The summed E-state index contributed by atoms with van der Waals surface area (Å²) in [6.45, 7) is 3.17. The summed E-state index contributed by atoms with van der Waals surface area (Å²) >= 11 is 0. The molecule has 102 valence electrons. The van der Waals surface area contributed by atoms with Crippen LogP contribution in [0, 0.1) is 16.0 Å². The third-order valence-electron chi connectivity index (χ3n) is 3.05. The van der Waals surface area contributed by atoms with Crippen molar-refractivity contribution in [2.45, 2.75) is 13.3 Å². The molecule has 2 rings (SSSR count). The summed E-state index contributed by atoms with van der Waals surface area (Å²) in [7, 11) is 0. The number of nitro benzene ring substituents is 1. The first-order chi connectivity index (χ1) is 9.08. The number of benzene rings is 1. The number of hydrogen-bond acceptors (Lipinski definition) is 5. The lowest BCUT2D eigenvalue weighted by Crippen LogP contribution is -2.12. The minimum Gasteiger partial charge on any atom is -0.493 e. The average Bonchev–Trinajstić information content (AvgIpc) is 2.88. The van der Waals surface area contributed by atoms with E-state index in [0.717, 1.165) is 13.0 Å². The highest BCUT2D eigenvalue weighted by Crippen LogP contribution is 2.26. The van der Waals surface area contributed by atoms with Gasteiger partial charge in [-0.3, -0.25) is 14.9 Å². The molecule has 0 aromatic heterocycles. The van der Waals surface area contributed by atoms with Gasteiger partial charge in [-0.15, -0.1) is 0 Å². The Morgan fingerprint density at radius 3 is 2.95 bits per heavy atom. The van der Waals surface area contributed by atoms with Crippen molar-refractivity contribution in [2.75, 3.05) is 19.8 Å². The Morgan fingerprint density at radius 2 is 2.37 bits per heavy atom. The van der Waals surface area contributed by atoms with Gasteiger partial charge in [0.05, 0.1) is 29.8 Å². The summed E-state index contributed by atoms with van der Waals surface area (Å²) in [5, 5.41) is 10.9. The topological polar surface area (TPSA) is 78.7 Å². The van der Waals surface area contributed by atoms with E-state index in [1.165, 1.54) is 19.1 Å². The van der Waals surface area contributed by atoms with Crippen LogP contribution in [0.3, 0.4) is 0 Å². The molecule has 1 saturated heterocycles. The molecule has 1 fully saturated rings. The van der Waals surface area contributed by atoms with Gasteiger partial charge in [-0.1, -0.05) is 0 Å². The van der Waals surface area contributed by atoms with Crippen LogP contribution in [-0.2, 0) is 4.74 Å². The first kappa shape index (κ1) is 13.5. The fourth-order valence-corrected chi connectivity index (χ4v) is 1.98. The van der Waals surface area contributed by atoms with E-state index in [2.05, 4.69) is 0 Å². The Morgan fingerprint density at radius 1 is 1.58 bits per heavy atom. The summed E-state index contributed by atoms with van der Waals surface area (Å²) in [6, 6.07) is 4.31. The van der Waals surface area contributed by atoms with Crippen molar-refractivity contribution >= 4 is 11.5 Å². The van der Waals surface area contributed by atoms with Gasteiger partial charge in [0.1, 0.15) is 5.75 Å². The van der Waals surface area contributed by atoms with Gasteiger partial charge in [0.25, 0.3) is 5.69 Å². The van der Waals surface area contributed by atoms with Crippen LogP contribution < -0.4 is 4.74 Å². The van der Waals surface area contributed by atoms with Crippen molar-refractivity contribution in [2.24, 2.45) is 5.92 Å². The molecule has 6 nitrogen and oxygen atoms in total. The average molecular weight is 265 g/mol. The Kier molecular flexibility index (Phi) is 4.11. The molecule has 1 heterocycles. The fraction of sp³-hybridized carbons (Fsp3) is 0.462. The number of carbonyl (C=O) groups is 1. The molecule has 1 aliphatic heterocycles. The van der Waals surface area contributed by atoms with E-state index in [1.807, 2.05) is 0 Å². The Balaban J connectivity index is 2.11. The number of Topliss-reactive ketones (excluding diaryl/α,β-unsaturated/α-hetero) is 1. The molecule has 1 aromatic rings. The second-order valence-corrected chi connectivity index (χ2v) is 4.53. The van der Waals surface area contributed by atoms with Gasteiger partial charge in [0.2, 0.25) is 0 Å². The van der Waals surface area contributed by atoms with Crippen molar-refractivity contribution in [3.05, 3.63) is 33.9 Å². The highest BCUT2D eigenvalue weighted by molar-refractivity contribution is 5.98. The Labute approximate surface area is 110 Å². The molecule has 1 unspecified atom stereocenters. The molecule has 1 aliphatic rings. The van der Waals surface area contributed by atoms with E-state index in [9.17, 15) is 14.9 Å². The second kappa shape index (κ2) is 5.79. The maximum atomic E-state index is 11.3. The number of ketones is 1. The number of hydrogen-bond donors (Lipinski definition) is 0. The molecule has 6 heteroatoms. The minimum atomic E-state index is -0.567. The summed E-state index contributed by atoms with van der Waals surface area (Å²) in [6.07, 6.45) is 0.938. The summed E-state index contributed by atoms with van der Waals surface area (Å²) in [4.78, 5) is 21.6. The van der Waals surface area contributed by atoms with E-state index in [4.69, 9.17) is 9.47 Å². The van der Waals surface area contributed by atoms with Crippen LogP contribution in [0.15, 0.2) is 18.2 Å². The van der Waals surface area contributed by atoms with Gasteiger partial charge in [0, 0.05) is 12.5 Å². The molecule has 1 aromatic carbocycles. The predicted octanol–water partition coefficient (Wildman–Crippen LogP) is 2.21. The zero-order valence-electron chi connectivity index (χ0n) is 10.6. The standard InChI is InChI=1S/C13H15NO5/c1-9(15)12-3-2-11(6-13(12)14(16)17)19-8-10-4-5-18-7-10/h2-3,6,10H,4-5,7-8H2,1H3. The maximum absolute atomic E-state index is 11.3. The monoisotopic (exact) mass is 265 g/mol. The first-order valence-corrected chi connectivity index (χ1v) is 6.08. The van der Waals surface area contributed by atoms with Crippen LogP contribution in [0.1, 0.15) is 23.7 Å². The molecule has 0 aliphatic carbocycles. The first-order valence-electron chi connectivity index (χ1n) is 6.08. The predicted molar refractivity (Wildman–Crippen MR) is 67.5 cm³/mol. The van der Waals surface area contributed by atoms with Crippen molar-refractivity contribution in [3.8, 4) is 5.75 Å². The minimum absolute atomic E-state index is 0.0987. The smallest absolute Gasteiger partial charge is 0.283 e. The number of carbonyl (C=O) groups excluding carboxylic acids is 1. The SMILES string of the molecule is CC(=O)c1ccc(OCC2CCOC2)cc1[N+](=O)[O-]. The molecular formula is C13H15NO5. The highest BCUT2D eigenvalue weighted by atomic mass is 16.6. The van der Waals surface area contributed by atoms with E-state index in [-0.39, 0.29) is 17.0 Å². The largest absolute Gasteiger partial charge is 0.493 e. The van der Waals surface area contributed by atoms with Crippen molar-refractivity contribution < 1.29 is 19.2 Å². The van der Waals surface area contributed by atoms with Gasteiger partial charge in [-0.2, -0.15) is 0 Å². The zero-order valence-corrected chi connectivity index (χ0v) is 10.6. The van der Waals surface area contributed by atoms with Gasteiger partial charge in [0.15, 0.2) is 5.78 Å². The van der Waals surface area contributed by atoms with E-state index in [0.29, 0.717) is 24.9 Å². The number of nitro groups is 1. The van der Waals surface area contributed by atoms with Crippen LogP contribution in [0.25, 0.3) is 0 Å². The second-order valence-electron chi connectivity index (χ2n) is 4.53. The Hall–Kier alpha value is -1.95. The lowest BCUT2D eigenvalue weighted by Gasteiger charge is -2.10. The number of rotatable bonds is 5.